The standard InChI is InChI=1S/C14H17N3O3/c1-4-10-13(14(20)16(3)8-12(18)19)17-7-9(2)5-6-11(17)15-10/h5-7H,4,8H2,1-3H3,(H,18,19). The Bertz CT molecular complexity index is 676. The van der Waals surface area contributed by atoms with Crippen molar-refractivity contribution in [1.82, 2.24) is 14.3 Å². The maximum atomic E-state index is 12.4. The number of hydrogen-bond acceptors (Lipinski definition) is 3. The second-order valence-electron chi connectivity index (χ2n) is 4.75. The number of amides is 1. The Morgan fingerprint density at radius 3 is 2.70 bits per heavy atom. The van der Waals surface area contributed by atoms with Gasteiger partial charge >= 0.3 is 5.97 Å². The van der Waals surface area contributed by atoms with Crippen LogP contribution in [-0.2, 0) is 11.2 Å². The van der Waals surface area contributed by atoms with Gasteiger partial charge < -0.3 is 10.0 Å². The Kier molecular flexibility index (Phi) is 3.74. The number of likely N-dealkylation sites (N-methyl/N-ethyl adjacent to an activating group) is 1. The molecule has 0 aliphatic carbocycles. The number of carboxylic acid groups (broad SMARTS) is 1. The number of rotatable bonds is 4. The van der Waals surface area contributed by atoms with Crippen molar-refractivity contribution in [2.45, 2.75) is 20.3 Å². The van der Waals surface area contributed by atoms with Gasteiger partial charge in [0.2, 0.25) is 0 Å². The molecule has 20 heavy (non-hydrogen) atoms. The van der Waals surface area contributed by atoms with Crippen molar-refractivity contribution in [3.05, 3.63) is 35.3 Å². The van der Waals surface area contributed by atoms with E-state index in [0.29, 0.717) is 23.5 Å². The van der Waals surface area contributed by atoms with Gasteiger partial charge in [-0.3, -0.25) is 14.0 Å². The van der Waals surface area contributed by atoms with Gasteiger partial charge in [0.15, 0.2) is 0 Å². The van der Waals surface area contributed by atoms with E-state index in [0.717, 1.165) is 5.56 Å². The van der Waals surface area contributed by atoms with E-state index in [2.05, 4.69) is 4.98 Å². The molecule has 0 bridgehead atoms. The van der Waals surface area contributed by atoms with Gasteiger partial charge in [0.05, 0.1) is 5.69 Å². The molecule has 0 aromatic carbocycles. The molecule has 1 N–H and O–H groups in total. The lowest BCUT2D eigenvalue weighted by Gasteiger charge is -2.15. The number of aliphatic carboxylic acids is 1. The molecule has 0 spiro atoms. The fraction of sp³-hybridized carbons (Fsp3) is 0.357. The SMILES string of the molecule is CCc1nc2ccc(C)cn2c1C(=O)N(C)CC(=O)O. The van der Waals surface area contributed by atoms with E-state index >= 15 is 0 Å². The quantitative estimate of drug-likeness (QED) is 0.914. The third-order valence-corrected chi connectivity index (χ3v) is 3.10. The first kappa shape index (κ1) is 14.0. The van der Waals surface area contributed by atoms with Gasteiger partial charge in [-0.1, -0.05) is 13.0 Å². The fourth-order valence-corrected chi connectivity index (χ4v) is 2.13. The molecule has 1 amide bonds. The minimum Gasteiger partial charge on any atom is -0.480 e. The lowest BCUT2D eigenvalue weighted by molar-refractivity contribution is -0.137. The van der Waals surface area contributed by atoms with E-state index in [1.54, 1.807) is 4.40 Å². The first-order chi connectivity index (χ1) is 9.43. The third kappa shape index (κ3) is 2.49. The van der Waals surface area contributed by atoms with Crippen LogP contribution in [0.15, 0.2) is 18.3 Å². The number of carbonyl (C=O) groups is 2. The summed E-state index contributed by atoms with van der Waals surface area (Å²) in [5, 5.41) is 8.80. The molecule has 106 valence electrons. The van der Waals surface area contributed by atoms with Gasteiger partial charge in [0, 0.05) is 13.2 Å². The molecule has 6 nitrogen and oxygen atoms in total. The van der Waals surface area contributed by atoms with Gasteiger partial charge in [-0.15, -0.1) is 0 Å². The van der Waals surface area contributed by atoms with Crippen LogP contribution in [-0.4, -0.2) is 44.9 Å². The van der Waals surface area contributed by atoms with Gasteiger partial charge in [0.1, 0.15) is 17.9 Å². The van der Waals surface area contributed by atoms with E-state index in [1.165, 1.54) is 11.9 Å². The molecule has 0 saturated carbocycles. The molecule has 2 aromatic heterocycles. The molecule has 6 heteroatoms. The number of fused-ring (bicyclic) bond motifs is 1. The van der Waals surface area contributed by atoms with Gasteiger partial charge in [-0.05, 0) is 25.0 Å². The number of carbonyl (C=O) groups excluding carboxylic acids is 1. The zero-order valence-electron chi connectivity index (χ0n) is 11.8. The summed E-state index contributed by atoms with van der Waals surface area (Å²) in [5.41, 5.74) is 2.82. The number of aryl methyl sites for hydroxylation is 2. The highest BCUT2D eigenvalue weighted by molar-refractivity contribution is 5.96. The average molecular weight is 275 g/mol. The largest absolute Gasteiger partial charge is 0.480 e. The molecule has 2 rings (SSSR count). The molecule has 2 aromatic rings. The summed E-state index contributed by atoms with van der Waals surface area (Å²) < 4.78 is 1.73. The first-order valence-corrected chi connectivity index (χ1v) is 6.39. The minimum atomic E-state index is -1.04. The van der Waals surface area contributed by atoms with E-state index in [-0.39, 0.29) is 12.5 Å². The normalized spacial score (nSPS) is 10.8. The highest BCUT2D eigenvalue weighted by Gasteiger charge is 2.22. The van der Waals surface area contributed by atoms with Crippen molar-refractivity contribution in [2.75, 3.05) is 13.6 Å². The summed E-state index contributed by atoms with van der Waals surface area (Å²) >= 11 is 0. The maximum Gasteiger partial charge on any atom is 0.323 e. The summed E-state index contributed by atoms with van der Waals surface area (Å²) in [5.74, 6) is -1.37. The highest BCUT2D eigenvalue weighted by Crippen LogP contribution is 2.16. The lowest BCUT2D eigenvalue weighted by Crippen LogP contribution is -2.33. The van der Waals surface area contributed by atoms with Crippen LogP contribution in [0.1, 0.15) is 28.7 Å². The number of nitrogens with zero attached hydrogens (tertiary/aromatic N) is 3. The Morgan fingerprint density at radius 2 is 2.10 bits per heavy atom. The predicted molar refractivity (Wildman–Crippen MR) is 73.9 cm³/mol. The zero-order chi connectivity index (χ0) is 14.9. The van der Waals surface area contributed by atoms with E-state index in [1.807, 2.05) is 32.2 Å². The zero-order valence-corrected chi connectivity index (χ0v) is 11.8. The monoisotopic (exact) mass is 275 g/mol. The number of pyridine rings is 1. The molecule has 0 aliphatic rings. The van der Waals surface area contributed by atoms with Crippen molar-refractivity contribution in [2.24, 2.45) is 0 Å². The fourth-order valence-electron chi connectivity index (χ4n) is 2.13. The van der Waals surface area contributed by atoms with E-state index in [4.69, 9.17) is 5.11 Å². The molecule has 0 radical (unpaired) electrons. The van der Waals surface area contributed by atoms with Crippen LogP contribution in [0.4, 0.5) is 0 Å². The molecule has 0 aliphatic heterocycles. The number of carboxylic acids is 1. The van der Waals surface area contributed by atoms with Crippen molar-refractivity contribution in [1.29, 1.82) is 0 Å². The number of aromatic nitrogens is 2. The highest BCUT2D eigenvalue weighted by atomic mass is 16.4. The summed E-state index contributed by atoms with van der Waals surface area (Å²) in [6.45, 7) is 3.52. The summed E-state index contributed by atoms with van der Waals surface area (Å²) in [7, 11) is 1.48. The van der Waals surface area contributed by atoms with Crippen LogP contribution in [0.5, 0.6) is 0 Å². The van der Waals surface area contributed by atoms with Gasteiger partial charge in [-0.25, -0.2) is 4.98 Å². The Labute approximate surface area is 116 Å². The van der Waals surface area contributed by atoms with Crippen LogP contribution >= 0.6 is 0 Å². The minimum absolute atomic E-state index is 0.331. The van der Waals surface area contributed by atoms with Gasteiger partial charge in [0.25, 0.3) is 5.91 Å². The molecule has 0 atom stereocenters. The first-order valence-electron chi connectivity index (χ1n) is 6.39. The smallest absolute Gasteiger partial charge is 0.323 e. The molecular weight excluding hydrogens is 258 g/mol. The Balaban J connectivity index is 2.53. The van der Waals surface area contributed by atoms with Crippen LogP contribution < -0.4 is 0 Å². The molecule has 2 heterocycles. The van der Waals surface area contributed by atoms with E-state index in [9.17, 15) is 9.59 Å². The van der Waals surface area contributed by atoms with Crippen LogP contribution in [0.2, 0.25) is 0 Å². The van der Waals surface area contributed by atoms with Gasteiger partial charge in [-0.2, -0.15) is 0 Å². The van der Waals surface area contributed by atoms with Crippen LogP contribution in [0, 0.1) is 6.92 Å². The van der Waals surface area contributed by atoms with Crippen molar-refractivity contribution in [3.8, 4) is 0 Å². The van der Waals surface area contributed by atoms with Crippen LogP contribution in [0.25, 0.3) is 5.65 Å². The van der Waals surface area contributed by atoms with E-state index < -0.39 is 5.97 Å². The lowest BCUT2D eigenvalue weighted by atomic mass is 10.2. The van der Waals surface area contributed by atoms with Crippen molar-refractivity contribution in [3.63, 3.8) is 0 Å². The molecule has 0 fully saturated rings. The number of hydrogen-bond donors (Lipinski definition) is 1. The van der Waals surface area contributed by atoms with Crippen molar-refractivity contribution < 1.29 is 14.7 Å². The molecule has 0 saturated heterocycles. The third-order valence-electron chi connectivity index (χ3n) is 3.10. The number of imidazole rings is 1. The maximum absolute atomic E-state index is 12.4. The Morgan fingerprint density at radius 1 is 1.40 bits per heavy atom. The summed E-state index contributed by atoms with van der Waals surface area (Å²) in [4.78, 5) is 28.8. The Hall–Kier alpha value is -2.37. The second kappa shape index (κ2) is 5.32. The van der Waals surface area contributed by atoms with Crippen LogP contribution in [0.3, 0.4) is 0 Å². The predicted octanol–water partition coefficient (Wildman–Crippen LogP) is 1.36. The summed E-state index contributed by atoms with van der Waals surface area (Å²) in [6, 6.07) is 3.78. The van der Waals surface area contributed by atoms with Crippen molar-refractivity contribution >= 4 is 17.5 Å². The molecular formula is C14H17N3O3. The molecule has 0 unspecified atom stereocenters. The topological polar surface area (TPSA) is 74.9 Å². The second-order valence-corrected chi connectivity index (χ2v) is 4.75. The summed E-state index contributed by atoms with van der Waals surface area (Å²) in [6.07, 6.45) is 2.45. The average Bonchev–Trinajstić information content (AvgIpc) is 2.74.